The van der Waals surface area contributed by atoms with Crippen LogP contribution in [0.1, 0.15) is 12.8 Å². The number of hydrogen-bond acceptors (Lipinski definition) is 5. The summed E-state index contributed by atoms with van der Waals surface area (Å²) in [6.07, 6.45) is 1.76. The van der Waals surface area contributed by atoms with Gasteiger partial charge in [-0.1, -0.05) is 6.07 Å². The monoisotopic (exact) mass is 367 g/mol. The summed E-state index contributed by atoms with van der Waals surface area (Å²) < 4.78 is 13.5. The molecule has 2 aliphatic heterocycles. The van der Waals surface area contributed by atoms with E-state index < -0.39 is 12.2 Å². The number of nitrogens with one attached hydrogen (secondary N) is 1. The van der Waals surface area contributed by atoms with Gasteiger partial charge in [0.25, 0.3) is 0 Å². The summed E-state index contributed by atoms with van der Waals surface area (Å²) in [5, 5.41) is 13.7. The number of nitrogens with zero attached hydrogens (tertiary/aromatic N) is 4. The molecule has 0 spiro atoms. The maximum absolute atomic E-state index is 13.5. The van der Waals surface area contributed by atoms with Gasteiger partial charge < -0.3 is 10.2 Å². The van der Waals surface area contributed by atoms with Crippen molar-refractivity contribution in [2.75, 3.05) is 31.5 Å². The summed E-state index contributed by atoms with van der Waals surface area (Å²) in [6, 6.07) is 11.7. The summed E-state index contributed by atoms with van der Waals surface area (Å²) in [5.41, 5.74) is 2.00. The first-order valence-electron chi connectivity index (χ1n) is 9.29. The second kappa shape index (κ2) is 7.49. The quantitative estimate of drug-likeness (QED) is 0.897. The number of anilines is 1. The molecule has 0 radical (unpaired) electrons. The third-order valence-corrected chi connectivity index (χ3v) is 5.32. The van der Waals surface area contributed by atoms with E-state index in [0.717, 1.165) is 36.1 Å². The van der Waals surface area contributed by atoms with Gasteiger partial charge in [0.15, 0.2) is 0 Å². The molecule has 0 saturated carbocycles. The van der Waals surface area contributed by atoms with Crippen LogP contribution in [0.15, 0.2) is 36.5 Å². The Hall–Kier alpha value is -2.72. The summed E-state index contributed by atoms with van der Waals surface area (Å²) in [7, 11) is 0. The molecule has 2 fully saturated rings. The predicted molar refractivity (Wildman–Crippen MR) is 101 cm³/mol. The van der Waals surface area contributed by atoms with Crippen LogP contribution in [-0.2, 0) is 4.79 Å². The number of aromatic nitrogens is 1. The highest BCUT2D eigenvalue weighted by Crippen LogP contribution is 2.22. The van der Waals surface area contributed by atoms with Crippen LogP contribution in [0.2, 0.25) is 0 Å². The Labute approximate surface area is 157 Å². The number of likely N-dealkylation sites (tertiary alicyclic amines) is 2. The first-order valence-corrected chi connectivity index (χ1v) is 9.29. The van der Waals surface area contributed by atoms with Crippen molar-refractivity contribution in [1.29, 1.82) is 5.26 Å². The minimum Gasteiger partial charge on any atom is -0.381 e. The number of hydrogen-bond donors (Lipinski definition) is 1. The summed E-state index contributed by atoms with van der Waals surface area (Å²) >= 11 is 0. The first-order chi connectivity index (χ1) is 13.1. The highest BCUT2D eigenvalue weighted by Gasteiger charge is 2.36. The number of rotatable bonds is 4. The number of benzene rings is 1. The molecule has 3 heterocycles. The zero-order chi connectivity index (χ0) is 18.8. The normalized spacial score (nSPS) is 25.6. The lowest BCUT2D eigenvalue weighted by Gasteiger charge is -2.23. The lowest BCUT2D eigenvalue weighted by molar-refractivity contribution is -0.132. The van der Waals surface area contributed by atoms with Crippen molar-refractivity contribution in [2.24, 2.45) is 0 Å². The molecule has 4 rings (SSSR count). The van der Waals surface area contributed by atoms with Crippen molar-refractivity contribution >= 4 is 22.5 Å². The van der Waals surface area contributed by atoms with Crippen LogP contribution in [0.4, 0.5) is 10.1 Å². The minimum atomic E-state index is -1.09. The Morgan fingerprint density at radius 1 is 1.37 bits per heavy atom. The molecule has 0 aliphatic carbocycles. The van der Waals surface area contributed by atoms with Crippen molar-refractivity contribution < 1.29 is 9.18 Å². The molecular formula is C20H22FN5O. The van der Waals surface area contributed by atoms with E-state index in [-0.39, 0.29) is 31.5 Å². The van der Waals surface area contributed by atoms with Gasteiger partial charge in [0.05, 0.1) is 24.7 Å². The Morgan fingerprint density at radius 3 is 3.11 bits per heavy atom. The molecule has 2 aromatic rings. The fraction of sp³-hybridized carbons (Fsp3) is 0.450. The number of alkyl halides is 1. The van der Waals surface area contributed by atoms with Crippen molar-refractivity contribution in [3.05, 3.63) is 36.5 Å². The number of halogens is 1. The van der Waals surface area contributed by atoms with E-state index in [0.29, 0.717) is 0 Å². The van der Waals surface area contributed by atoms with E-state index in [2.05, 4.69) is 21.3 Å². The average molecular weight is 367 g/mol. The summed E-state index contributed by atoms with van der Waals surface area (Å²) in [4.78, 5) is 20.3. The average Bonchev–Trinajstić information content (AvgIpc) is 3.27. The molecule has 3 atom stereocenters. The van der Waals surface area contributed by atoms with Gasteiger partial charge in [-0.15, -0.1) is 0 Å². The lowest BCUT2D eigenvalue weighted by atomic mass is 10.2. The number of nitriles is 1. The van der Waals surface area contributed by atoms with E-state index in [1.54, 1.807) is 6.20 Å². The van der Waals surface area contributed by atoms with E-state index in [1.165, 1.54) is 4.90 Å². The third-order valence-electron chi connectivity index (χ3n) is 5.32. The van der Waals surface area contributed by atoms with E-state index in [4.69, 9.17) is 5.26 Å². The topological polar surface area (TPSA) is 72.3 Å². The van der Waals surface area contributed by atoms with Crippen molar-refractivity contribution in [3.8, 4) is 6.07 Å². The van der Waals surface area contributed by atoms with Gasteiger partial charge in [0, 0.05) is 42.8 Å². The van der Waals surface area contributed by atoms with Crippen LogP contribution in [-0.4, -0.2) is 65.1 Å². The minimum absolute atomic E-state index is 0.0394. The lowest BCUT2D eigenvalue weighted by Crippen LogP contribution is -2.42. The van der Waals surface area contributed by atoms with Crippen molar-refractivity contribution in [3.63, 3.8) is 0 Å². The molecule has 27 heavy (non-hydrogen) atoms. The Morgan fingerprint density at radius 2 is 2.26 bits per heavy atom. The van der Waals surface area contributed by atoms with Crippen LogP contribution in [0.5, 0.6) is 0 Å². The number of fused-ring (bicyclic) bond motifs is 1. The third kappa shape index (κ3) is 3.86. The van der Waals surface area contributed by atoms with Gasteiger partial charge in [-0.2, -0.15) is 5.26 Å². The van der Waals surface area contributed by atoms with Gasteiger partial charge in [0.1, 0.15) is 12.2 Å². The van der Waals surface area contributed by atoms with Crippen molar-refractivity contribution in [1.82, 2.24) is 14.8 Å². The predicted octanol–water partition coefficient (Wildman–Crippen LogP) is 2.18. The van der Waals surface area contributed by atoms with E-state index in [9.17, 15) is 9.18 Å². The zero-order valence-electron chi connectivity index (χ0n) is 15.0. The molecule has 1 aromatic heterocycles. The van der Waals surface area contributed by atoms with E-state index in [1.807, 2.05) is 30.3 Å². The molecule has 0 bridgehead atoms. The molecule has 140 valence electrons. The molecule has 1 unspecified atom stereocenters. The van der Waals surface area contributed by atoms with Gasteiger partial charge in [0.2, 0.25) is 5.91 Å². The molecule has 6 nitrogen and oxygen atoms in total. The summed E-state index contributed by atoms with van der Waals surface area (Å²) in [6.45, 7) is 1.84. The smallest absolute Gasteiger partial charge is 0.237 e. The van der Waals surface area contributed by atoms with Crippen LogP contribution in [0.25, 0.3) is 10.9 Å². The number of carbonyl (C=O) groups excluding carboxylic acids is 1. The fourth-order valence-electron chi connectivity index (χ4n) is 3.96. The number of amides is 1. The largest absolute Gasteiger partial charge is 0.381 e. The number of carbonyl (C=O) groups is 1. The van der Waals surface area contributed by atoms with Crippen LogP contribution < -0.4 is 5.32 Å². The van der Waals surface area contributed by atoms with Gasteiger partial charge in [-0.25, -0.2) is 4.39 Å². The maximum Gasteiger partial charge on any atom is 0.237 e. The van der Waals surface area contributed by atoms with E-state index >= 15 is 0 Å². The second-order valence-electron chi connectivity index (χ2n) is 7.30. The fourth-order valence-corrected chi connectivity index (χ4v) is 3.96. The first kappa shape index (κ1) is 17.7. The highest BCUT2D eigenvalue weighted by atomic mass is 19.1. The second-order valence-corrected chi connectivity index (χ2v) is 7.30. The zero-order valence-corrected chi connectivity index (χ0v) is 15.0. The summed E-state index contributed by atoms with van der Waals surface area (Å²) in [5.74, 6) is -0.154. The Kier molecular flexibility index (Phi) is 4.90. The maximum atomic E-state index is 13.5. The molecule has 1 aromatic carbocycles. The van der Waals surface area contributed by atoms with Crippen molar-refractivity contribution in [2.45, 2.75) is 31.1 Å². The van der Waals surface area contributed by atoms with Gasteiger partial charge in [-0.3, -0.25) is 14.7 Å². The molecule has 2 aliphatic rings. The van der Waals surface area contributed by atoms with Crippen LogP contribution >= 0.6 is 0 Å². The Bertz CT molecular complexity index is 882. The highest BCUT2D eigenvalue weighted by molar-refractivity contribution is 5.82. The molecule has 1 N–H and O–H groups in total. The van der Waals surface area contributed by atoms with Crippen LogP contribution in [0, 0.1) is 11.3 Å². The standard InChI is InChI=1S/C20H22FN5O/c21-15-9-18(10-22)26(11-15)20(27)13-25-7-5-17(12-25)24-16-3-4-19-14(8-16)2-1-6-23-19/h1-4,6,8,15,17-18,24H,5,7,9,11-13H2/t15-,17-,18?/m0/s1. The van der Waals surface area contributed by atoms with Gasteiger partial charge >= 0.3 is 0 Å². The van der Waals surface area contributed by atoms with Gasteiger partial charge in [-0.05, 0) is 30.7 Å². The Balaban J connectivity index is 1.33. The van der Waals surface area contributed by atoms with Crippen LogP contribution in [0.3, 0.4) is 0 Å². The SMILES string of the molecule is N#CC1C[C@H](F)CN1C(=O)CN1CC[C@H](Nc2ccc3ncccc3c2)C1. The number of pyridine rings is 1. The molecule has 1 amide bonds. The molecular weight excluding hydrogens is 345 g/mol. The molecule has 2 saturated heterocycles. The molecule has 7 heteroatoms.